The van der Waals surface area contributed by atoms with Crippen LogP contribution in [0.5, 0.6) is 0 Å². The van der Waals surface area contributed by atoms with Crippen molar-refractivity contribution in [3.8, 4) is 0 Å². The van der Waals surface area contributed by atoms with Gasteiger partial charge in [0, 0.05) is 28.9 Å². The van der Waals surface area contributed by atoms with Crippen LogP contribution in [0.1, 0.15) is 29.0 Å². The molecule has 4 nitrogen and oxygen atoms in total. The summed E-state index contributed by atoms with van der Waals surface area (Å²) in [5.41, 5.74) is 1.89. The zero-order valence-corrected chi connectivity index (χ0v) is 15.3. The van der Waals surface area contributed by atoms with E-state index >= 15 is 0 Å². The summed E-state index contributed by atoms with van der Waals surface area (Å²) in [5.74, 6) is 0.0827. The monoisotopic (exact) mass is 391 g/mol. The van der Waals surface area contributed by atoms with Crippen LogP contribution < -0.4 is 5.32 Å². The van der Waals surface area contributed by atoms with Gasteiger partial charge >= 0.3 is 0 Å². The van der Waals surface area contributed by atoms with Crippen molar-refractivity contribution in [1.29, 1.82) is 0 Å². The maximum Gasteiger partial charge on any atom is 0.236 e. The molecule has 2 aliphatic rings. The first-order chi connectivity index (χ1) is 11.1. The molecule has 0 spiro atoms. The molecule has 0 unspecified atom stereocenters. The number of rotatable bonds is 3. The predicted molar refractivity (Wildman–Crippen MR) is 95.8 cm³/mol. The number of hydrogen-bond acceptors (Lipinski definition) is 4. The number of fused-ring (bicyclic) bond motifs is 1. The van der Waals surface area contributed by atoms with Crippen LogP contribution in [-0.2, 0) is 23.2 Å². The number of nitrogens with zero attached hydrogens (tertiary/aromatic N) is 2. The van der Waals surface area contributed by atoms with Gasteiger partial charge in [0.25, 0.3) is 0 Å². The summed E-state index contributed by atoms with van der Waals surface area (Å²) in [6.45, 7) is 1.97. The van der Waals surface area contributed by atoms with Gasteiger partial charge in [-0.15, -0.1) is 11.3 Å². The van der Waals surface area contributed by atoms with E-state index in [0.29, 0.717) is 0 Å². The van der Waals surface area contributed by atoms with E-state index in [4.69, 9.17) is 0 Å². The van der Waals surface area contributed by atoms with Crippen LogP contribution in [0, 0.1) is 0 Å². The number of nitrogens with one attached hydrogen (secondary N) is 1. The van der Waals surface area contributed by atoms with Crippen LogP contribution in [0.3, 0.4) is 0 Å². The number of hydrogen-bond donors (Lipinski definition) is 1. The second kappa shape index (κ2) is 5.69. The molecule has 4 rings (SSSR count). The van der Waals surface area contributed by atoms with Crippen LogP contribution in [0.15, 0.2) is 28.7 Å². The van der Waals surface area contributed by atoms with Crippen LogP contribution in [0.4, 0.5) is 5.13 Å². The number of anilines is 1. The van der Waals surface area contributed by atoms with Crippen molar-refractivity contribution in [2.75, 3.05) is 18.9 Å². The fraction of sp³-hybridized carbons (Fsp3) is 0.412. The fourth-order valence-electron chi connectivity index (χ4n) is 3.13. The third-order valence-electron chi connectivity index (χ3n) is 4.72. The Hall–Kier alpha value is -1.24. The van der Waals surface area contributed by atoms with Gasteiger partial charge < -0.3 is 10.2 Å². The third-order valence-corrected chi connectivity index (χ3v) is 6.25. The van der Waals surface area contributed by atoms with Gasteiger partial charge in [0.15, 0.2) is 5.13 Å². The Morgan fingerprint density at radius 3 is 2.78 bits per heavy atom. The lowest BCUT2D eigenvalue weighted by molar-refractivity contribution is -0.118. The Labute approximate surface area is 148 Å². The van der Waals surface area contributed by atoms with Crippen molar-refractivity contribution in [3.63, 3.8) is 0 Å². The van der Waals surface area contributed by atoms with Gasteiger partial charge in [0.1, 0.15) is 0 Å². The Kier molecular flexibility index (Phi) is 3.78. The second-order valence-corrected chi connectivity index (χ2v) is 8.42. The molecule has 6 heteroatoms. The van der Waals surface area contributed by atoms with Crippen molar-refractivity contribution in [2.24, 2.45) is 0 Å². The summed E-state index contributed by atoms with van der Waals surface area (Å²) >= 11 is 5.06. The standard InChI is InChI=1S/C17H18BrN3OS/c1-21-9-6-13-14(10-21)23-16(19-13)20-15(22)17(7-8-17)11-2-4-12(18)5-3-11/h2-5H,6-10H2,1H3,(H,19,20,22). The molecule has 1 N–H and O–H groups in total. The molecule has 1 aromatic heterocycles. The largest absolute Gasteiger partial charge is 0.301 e. The zero-order valence-electron chi connectivity index (χ0n) is 12.9. The van der Waals surface area contributed by atoms with Crippen molar-refractivity contribution < 1.29 is 4.79 Å². The minimum Gasteiger partial charge on any atom is -0.301 e. The number of likely N-dealkylation sites (N-methyl/N-ethyl adjacent to an activating group) is 1. The lowest BCUT2D eigenvalue weighted by Gasteiger charge is -2.20. The number of benzene rings is 1. The molecular formula is C17H18BrN3OS. The van der Waals surface area contributed by atoms with Crippen molar-refractivity contribution in [3.05, 3.63) is 44.9 Å². The molecule has 0 atom stereocenters. The highest BCUT2D eigenvalue weighted by Crippen LogP contribution is 2.49. The number of carbonyl (C=O) groups is 1. The molecule has 23 heavy (non-hydrogen) atoms. The molecule has 1 amide bonds. The molecule has 120 valence electrons. The normalized spacial score (nSPS) is 19.2. The quantitative estimate of drug-likeness (QED) is 0.869. The highest BCUT2D eigenvalue weighted by Gasteiger charge is 2.51. The third kappa shape index (κ3) is 2.84. The summed E-state index contributed by atoms with van der Waals surface area (Å²) in [7, 11) is 2.12. The molecule has 1 aromatic carbocycles. The molecule has 0 radical (unpaired) electrons. The van der Waals surface area contributed by atoms with Gasteiger partial charge in [-0.05, 0) is 37.6 Å². The van der Waals surface area contributed by atoms with E-state index in [-0.39, 0.29) is 11.3 Å². The molecule has 1 aliphatic heterocycles. The highest BCUT2D eigenvalue weighted by molar-refractivity contribution is 9.10. The second-order valence-electron chi connectivity index (χ2n) is 6.42. The summed E-state index contributed by atoms with van der Waals surface area (Å²) in [5, 5.41) is 3.82. The molecule has 2 heterocycles. The molecule has 1 saturated carbocycles. The SMILES string of the molecule is CN1CCc2nc(NC(=O)C3(c4ccc(Br)cc4)CC3)sc2C1. The summed E-state index contributed by atoms with van der Waals surface area (Å²) in [6.07, 6.45) is 2.79. The minimum absolute atomic E-state index is 0.0827. The van der Waals surface area contributed by atoms with Gasteiger partial charge in [-0.3, -0.25) is 4.79 Å². The molecule has 0 saturated heterocycles. The average molecular weight is 392 g/mol. The number of carbonyl (C=O) groups excluding carboxylic acids is 1. The topological polar surface area (TPSA) is 45.2 Å². The van der Waals surface area contributed by atoms with Crippen LogP contribution in [0.2, 0.25) is 0 Å². The van der Waals surface area contributed by atoms with E-state index in [1.807, 2.05) is 24.3 Å². The van der Waals surface area contributed by atoms with E-state index in [1.165, 1.54) is 4.88 Å². The first kappa shape index (κ1) is 15.3. The first-order valence-corrected chi connectivity index (χ1v) is 9.42. The van der Waals surface area contributed by atoms with Gasteiger partial charge in [0.2, 0.25) is 5.91 Å². The fourth-order valence-corrected chi connectivity index (χ4v) is 4.48. The van der Waals surface area contributed by atoms with E-state index < -0.39 is 0 Å². The van der Waals surface area contributed by atoms with E-state index in [1.54, 1.807) is 11.3 Å². The Morgan fingerprint density at radius 1 is 1.35 bits per heavy atom. The van der Waals surface area contributed by atoms with Gasteiger partial charge in [0.05, 0.1) is 11.1 Å². The summed E-state index contributed by atoms with van der Waals surface area (Å²) in [6, 6.07) is 8.08. The smallest absolute Gasteiger partial charge is 0.236 e. The lowest BCUT2D eigenvalue weighted by Crippen LogP contribution is -2.27. The van der Waals surface area contributed by atoms with Crippen molar-refractivity contribution >= 4 is 38.3 Å². The predicted octanol–water partition coefficient (Wildman–Crippen LogP) is 3.56. The number of halogens is 1. The van der Waals surface area contributed by atoms with E-state index in [9.17, 15) is 4.79 Å². The average Bonchev–Trinajstić information content (AvgIpc) is 3.24. The van der Waals surface area contributed by atoms with Gasteiger partial charge in [-0.25, -0.2) is 4.98 Å². The van der Waals surface area contributed by atoms with Crippen LogP contribution in [0.25, 0.3) is 0 Å². The first-order valence-electron chi connectivity index (χ1n) is 7.81. The minimum atomic E-state index is -0.357. The zero-order chi connectivity index (χ0) is 16.0. The van der Waals surface area contributed by atoms with Crippen LogP contribution in [-0.4, -0.2) is 29.4 Å². The van der Waals surface area contributed by atoms with Gasteiger partial charge in [-0.2, -0.15) is 0 Å². The van der Waals surface area contributed by atoms with Gasteiger partial charge in [-0.1, -0.05) is 28.1 Å². The van der Waals surface area contributed by atoms with Crippen molar-refractivity contribution in [1.82, 2.24) is 9.88 Å². The summed E-state index contributed by atoms with van der Waals surface area (Å²) in [4.78, 5) is 21.0. The number of amides is 1. The van der Waals surface area contributed by atoms with Crippen LogP contribution >= 0.6 is 27.3 Å². The lowest BCUT2D eigenvalue weighted by atomic mass is 9.95. The number of thiazole rings is 1. The Bertz CT molecular complexity index is 752. The molecular weight excluding hydrogens is 374 g/mol. The molecule has 0 bridgehead atoms. The molecule has 1 fully saturated rings. The molecule has 2 aromatic rings. The number of aromatic nitrogens is 1. The highest BCUT2D eigenvalue weighted by atomic mass is 79.9. The molecule has 1 aliphatic carbocycles. The van der Waals surface area contributed by atoms with Crippen molar-refractivity contribution in [2.45, 2.75) is 31.2 Å². The maximum atomic E-state index is 12.8. The Balaban J connectivity index is 1.53. The van der Waals surface area contributed by atoms with E-state index in [2.05, 4.69) is 38.2 Å². The summed E-state index contributed by atoms with van der Waals surface area (Å²) < 4.78 is 1.04. The maximum absolute atomic E-state index is 12.8. The Morgan fingerprint density at radius 2 is 2.09 bits per heavy atom. The van der Waals surface area contributed by atoms with E-state index in [0.717, 1.165) is 53.2 Å².